The van der Waals surface area contributed by atoms with Crippen molar-refractivity contribution < 1.29 is 8.78 Å². The van der Waals surface area contributed by atoms with Gasteiger partial charge in [-0.2, -0.15) is 0 Å². The van der Waals surface area contributed by atoms with Crippen molar-refractivity contribution in [1.29, 1.82) is 0 Å². The highest BCUT2D eigenvalue weighted by Crippen LogP contribution is 2.44. The summed E-state index contributed by atoms with van der Waals surface area (Å²) in [5.41, 5.74) is 0.154. The standard InChI is InChI=1S/C7H11F2N.ClH/c8-7(9)4-3-6(1-2-6)10-5-7;/h10H,1-5H2;1H. The lowest BCUT2D eigenvalue weighted by Crippen LogP contribution is -2.46. The molecule has 1 heterocycles. The van der Waals surface area contributed by atoms with Crippen molar-refractivity contribution in [1.82, 2.24) is 5.32 Å². The summed E-state index contributed by atoms with van der Waals surface area (Å²) in [6, 6.07) is 0. The lowest BCUT2D eigenvalue weighted by molar-refractivity contribution is -0.0330. The third-order valence-electron chi connectivity index (χ3n) is 2.54. The smallest absolute Gasteiger partial charge is 0.260 e. The van der Waals surface area contributed by atoms with Crippen LogP contribution in [0.4, 0.5) is 8.78 Å². The van der Waals surface area contributed by atoms with E-state index in [4.69, 9.17) is 0 Å². The Labute approximate surface area is 71.0 Å². The first kappa shape index (κ1) is 9.20. The second-order valence-electron chi connectivity index (χ2n) is 3.49. The first-order valence-corrected chi connectivity index (χ1v) is 3.75. The van der Waals surface area contributed by atoms with E-state index in [1.54, 1.807) is 0 Å². The lowest BCUT2D eigenvalue weighted by Gasteiger charge is -2.29. The highest BCUT2D eigenvalue weighted by Gasteiger charge is 2.49. The molecule has 1 aliphatic heterocycles. The summed E-state index contributed by atoms with van der Waals surface area (Å²) in [7, 11) is 0. The molecule has 0 aromatic rings. The van der Waals surface area contributed by atoms with Crippen LogP contribution < -0.4 is 5.32 Å². The first-order valence-electron chi connectivity index (χ1n) is 3.75. The lowest BCUT2D eigenvalue weighted by atomic mass is 10.0. The van der Waals surface area contributed by atoms with Gasteiger partial charge in [-0.05, 0) is 19.3 Å². The van der Waals surface area contributed by atoms with Crippen LogP contribution in [0, 0.1) is 0 Å². The highest BCUT2D eigenvalue weighted by molar-refractivity contribution is 5.85. The van der Waals surface area contributed by atoms with Gasteiger partial charge in [-0.3, -0.25) is 0 Å². The van der Waals surface area contributed by atoms with E-state index in [9.17, 15) is 8.78 Å². The Kier molecular flexibility index (Phi) is 2.14. The molecule has 0 aromatic heterocycles. The Morgan fingerprint density at radius 2 is 1.55 bits per heavy atom. The molecule has 11 heavy (non-hydrogen) atoms. The summed E-state index contributed by atoms with van der Waals surface area (Å²) >= 11 is 0. The van der Waals surface area contributed by atoms with Gasteiger partial charge in [0, 0.05) is 12.0 Å². The SMILES string of the molecule is Cl.FC1(F)CCC2(CC2)NC1. The van der Waals surface area contributed by atoms with Crippen LogP contribution in [0.25, 0.3) is 0 Å². The molecule has 1 aliphatic carbocycles. The molecule has 66 valence electrons. The average molecular weight is 184 g/mol. The van der Waals surface area contributed by atoms with Crippen molar-refractivity contribution in [3.8, 4) is 0 Å². The molecule has 0 amide bonds. The van der Waals surface area contributed by atoms with Gasteiger partial charge in [-0.1, -0.05) is 0 Å². The predicted octanol–water partition coefficient (Wildman–Crippen LogP) is 1.96. The van der Waals surface area contributed by atoms with Crippen LogP contribution in [0.3, 0.4) is 0 Å². The second-order valence-corrected chi connectivity index (χ2v) is 3.49. The van der Waals surface area contributed by atoms with Crippen LogP contribution in [0.15, 0.2) is 0 Å². The highest BCUT2D eigenvalue weighted by atomic mass is 35.5. The topological polar surface area (TPSA) is 12.0 Å². The van der Waals surface area contributed by atoms with E-state index >= 15 is 0 Å². The van der Waals surface area contributed by atoms with Crippen molar-refractivity contribution in [2.24, 2.45) is 0 Å². The molecule has 1 N–H and O–H groups in total. The molecule has 1 saturated heterocycles. The van der Waals surface area contributed by atoms with Gasteiger partial charge >= 0.3 is 0 Å². The van der Waals surface area contributed by atoms with E-state index in [0.29, 0.717) is 6.42 Å². The summed E-state index contributed by atoms with van der Waals surface area (Å²) in [6.45, 7) is -0.104. The third kappa shape index (κ3) is 1.82. The molecular formula is C7H12ClF2N. The Morgan fingerprint density at radius 1 is 1.00 bits per heavy atom. The van der Waals surface area contributed by atoms with Gasteiger partial charge in [0.1, 0.15) is 0 Å². The number of alkyl halides is 2. The molecule has 0 atom stereocenters. The van der Waals surface area contributed by atoms with E-state index in [0.717, 1.165) is 12.8 Å². The van der Waals surface area contributed by atoms with Crippen molar-refractivity contribution in [3.05, 3.63) is 0 Å². The quantitative estimate of drug-likeness (QED) is 0.606. The van der Waals surface area contributed by atoms with Crippen molar-refractivity contribution in [3.63, 3.8) is 0 Å². The normalized spacial score (nSPS) is 31.1. The second kappa shape index (κ2) is 2.56. The Hall–Kier alpha value is 0.110. The van der Waals surface area contributed by atoms with Crippen LogP contribution in [0.5, 0.6) is 0 Å². The predicted molar refractivity (Wildman–Crippen MR) is 41.4 cm³/mol. The number of hydrogen-bond donors (Lipinski definition) is 1. The maximum atomic E-state index is 12.5. The molecular weight excluding hydrogens is 172 g/mol. The van der Waals surface area contributed by atoms with Crippen molar-refractivity contribution in [2.75, 3.05) is 6.54 Å². The van der Waals surface area contributed by atoms with Gasteiger partial charge < -0.3 is 5.32 Å². The Bertz CT molecular complexity index is 139. The Morgan fingerprint density at radius 3 is 1.91 bits per heavy atom. The van der Waals surface area contributed by atoms with E-state index in [1.807, 2.05) is 0 Å². The number of piperidine rings is 1. The molecule has 2 aliphatic rings. The fourth-order valence-corrected chi connectivity index (χ4v) is 1.49. The van der Waals surface area contributed by atoms with Crippen LogP contribution in [0.2, 0.25) is 0 Å². The minimum Gasteiger partial charge on any atom is -0.306 e. The van der Waals surface area contributed by atoms with Crippen LogP contribution in [-0.4, -0.2) is 18.0 Å². The monoisotopic (exact) mass is 183 g/mol. The van der Waals surface area contributed by atoms with Gasteiger partial charge in [0.2, 0.25) is 0 Å². The summed E-state index contributed by atoms with van der Waals surface area (Å²) in [6.07, 6.45) is 2.95. The molecule has 0 unspecified atom stereocenters. The van der Waals surface area contributed by atoms with Crippen molar-refractivity contribution in [2.45, 2.75) is 37.1 Å². The van der Waals surface area contributed by atoms with Gasteiger partial charge in [0.05, 0.1) is 6.54 Å². The Balaban J connectivity index is 0.000000605. The number of hydrogen-bond acceptors (Lipinski definition) is 1. The molecule has 1 saturated carbocycles. The van der Waals surface area contributed by atoms with E-state index in [1.165, 1.54) is 0 Å². The first-order chi connectivity index (χ1) is 4.62. The molecule has 0 radical (unpaired) electrons. The maximum Gasteiger partial charge on any atom is 0.260 e. The molecule has 0 aromatic carbocycles. The minimum absolute atomic E-state index is 0. The number of nitrogens with one attached hydrogen (secondary N) is 1. The van der Waals surface area contributed by atoms with Crippen LogP contribution in [0.1, 0.15) is 25.7 Å². The average Bonchev–Trinajstić information content (AvgIpc) is 2.60. The van der Waals surface area contributed by atoms with Gasteiger partial charge in [-0.25, -0.2) is 8.78 Å². The molecule has 1 spiro atoms. The van der Waals surface area contributed by atoms with E-state index < -0.39 is 5.92 Å². The summed E-state index contributed by atoms with van der Waals surface area (Å²) in [5.74, 6) is -2.44. The number of rotatable bonds is 0. The summed E-state index contributed by atoms with van der Waals surface area (Å²) < 4.78 is 25.0. The fourth-order valence-electron chi connectivity index (χ4n) is 1.49. The van der Waals surface area contributed by atoms with Crippen LogP contribution >= 0.6 is 12.4 Å². The zero-order chi connectivity index (χ0) is 7.24. The van der Waals surface area contributed by atoms with E-state index in [-0.39, 0.29) is 30.9 Å². The van der Waals surface area contributed by atoms with Gasteiger partial charge in [0.25, 0.3) is 5.92 Å². The zero-order valence-electron chi connectivity index (χ0n) is 6.20. The molecule has 1 nitrogen and oxygen atoms in total. The molecule has 2 fully saturated rings. The van der Waals surface area contributed by atoms with Gasteiger partial charge in [0.15, 0.2) is 0 Å². The maximum absolute atomic E-state index is 12.5. The molecule has 0 bridgehead atoms. The number of halogens is 3. The zero-order valence-corrected chi connectivity index (χ0v) is 7.02. The fraction of sp³-hybridized carbons (Fsp3) is 1.00. The van der Waals surface area contributed by atoms with Gasteiger partial charge in [-0.15, -0.1) is 12.4 Å². The minimum atomic E-state index is -2.44. The molecule has 4 heteroatoms. The summed E-state index contributed by atoms with van der Waals surface area (Å²) in [4.78, 5) is 0. The largest absolute Gasteiger partial charge is 0.306 e. The third-order valence-corrected chi connectivity index (χ3v) is 2.54. The van der Waals surface area contributed by atoms with Crippen molar-refractivity contribution >= 4 is 12.4 Å². The summed E-state index contributed by atoms with van der Waals surface area (Å²) in [5, 5.41) is 2.91. The van der Waals surface area contributed by atoms with E-state index in [2.05, 4.69) is 5.32 Å². The molecule has 2 rings (SSSR count). The van der Waals surface area contributed by atoms with Crippen LogP contribution in [-0.2, 0) is 0 Å².